The molecule has 2 heteroatoms. The van der Waals surface area contributed by atoms with Crippen LogP contribution in [0.15, 0.2) is 0 Å². The molecule has 2 aliphatic rings. The number of nitrogens with one attached hydrogen (secondary N) is 1. The topological polar surface area (TPSA) is 15.3 Å². The zero-order chi connectivity index (χ0) is 10.7. The molecule has 15 heavy (non-hydrogen) atoms. The first-order valence-electron chi connectivity index (χ1n) is 6.76. The fourth-order valence-electron chi connectivity index (χ4n) is 2.97. The van der Waals surface area contributed by atoms with Crippen molar-refractivity contribution in [3.8, 4) is 0 Å². The van der Waals surface area contributed by atoms with Gasteiger partial charge in [0, 0.05) is 12.6 Å². The Hall–Kier alpha value is -0.0800. The van der Waals surface area contributed by atoms with Crippen molar-refractivity contribution in [1.29, 1.82) is 0 Å². The first-order chi connectivity index (χ1) is 7.31. The van der Waals surface area contributed by atoms with Crippen molar-refractivity contribution < 1.29 is 0 Å². The minimum absolute atomic E-state index is 0.827. The van der Waals surface area contributed by atoms with Crippen LogP contribution >= 0.6 is 0 Å². The minimum Gasteiger partial charge on any atom is -0.316 e. The van der Waals surface area contributed by atoms with Gasteiger partial charge in [-0.2, -0.15) is 0 Å². The molecule has 1 saturated heterocycles. The van der Waals surface area contributed by atoms with Crippen molar-refractivity contribution >= 4 is 0 Å². The second kappa shape index (κ2) is 5.31. The summed E-state index contributed by atoms with van der Waals surface area (Å²) in [4.78, 5) is 2.77. The van der Waals surface area contributed by atoms with Gasteiger partial charge in [-0.05, 0) is 50.7 Å². The average Bonchev–Trinajstić information content (AvgIpc) is 2.91. The first kappa shape index (κ1) is 11.4. The Morgan fingerprint density at radius 1 is 1.40 bits per heavy atom. The van der Waals surface area contributed by atoms with Crippen LogP contribution in [-0.4, -0.2) is 37.1 Å². The maximum absolute atomic E-state index is 3.53. The van der Waals surface area contributed by atoms with E-state index >= 15 is 0 Å². The normalized spacial score (nSPS) is 38.4. The smallest absolute Gasteiger partial charge is 0.0127 e. The van der Waals surface area contributed by atoms with E-state index in [0.29, 0.717) is 0 Å². The third kappa shape index (κ3) is 3.18. The SMILES string of the molecule is CCCC1CC1N1CCCNCC(C)C1. The Balaban J connectivity index is 1.79. The summed E-state index contributed by atoms with van der Waals surface area (Å²) in [6.07, 6.45) is 5.63. The van der Waals surface area contributed by atoms with E-state index in [9.17, 15) is 0 Å². The fourth-order valence-corrected chi connectivity index (χ4v) is 2.97. The second-order valence-electron chi connectivity index (χ2n) is 5.51. The first-order valence-corrected chi connectivity index (χ1v) is 6.76. The van der Waals surface area contributed by atoms with Crippen LogP contribution in [-0.2, 0) is 0 Å². The van der Waals surface area contributed by atoms with Gasteiger partial charge in [0.2, 0.25) is 0 Å². The van der Waals surface area contributed by atoms with E-state index < -0.39 is 0 Å². The van der Waals surface area contributed by atoms with E-state index in [1.54, 1.807) is 0 Å². The zero-order valence-corrected chi connectivity index (χ0v) is 10.3. The molecule has 1 aliphatic carbocycles. The maximum atomic E-state index is 3.53. The molecular weight excluding hydrogens is 184 g/mol. The van der Waals surface area contributed by atoms with Crippen LogP contribution in [0.3, 0.4) is 0 Å². The molecule has 3 atom stereocenters. The van der Waals surface area contributed by atoms with Crippen molar-refractivity contribution in [2.24, 2.45) is 11.8 Å². The van der Waals surface area contributed by atoms with Gasteiger partial charge in [-0.25, -0.2) is 0 Å². The molecule has 1 heterocycles. The molecule has 3 unspecified atom stereocenters. The van der Waals surface area contributed by atoms with Gasteiger partial charge >= 0.3 is 0 Å². The Morgan fingerprint density at radius 2 is 2.27 bits per heavy atom. The summed E-state index contributed by atoms with van der Waals surface area (Å²) in [7, 11) is 0. The van der Waals surface area contributed by atoms with Gasteiger partial charge in [-0.15, -0.1) is 0 Å². The Bertz CT molecular complexity index is 193. The van der Waals surface area contributed by atoms with E-state index in [2.05, 4.69) is 24.1 Å². The highest BCUT2D eigenvalue weighted by molar-refractivity contribution is 4.95. The average molecular weight is 210 g/mol. The van der Waals surface area contributed by atoms with E-state index in [-0.39, 0.29) is 0 Å². The fraction of sp³-hybridized carbons (Fsp3) is 1.00. The highest BCUT2D eigenvalue weighted by atomic mass is 15.2. The Kier molecular flexibility index (Phi) is 4.04. The lowest BCUT2D eigenvalue weighted by Gasteiger charge is -2.29. The zero-order valence-electron chi connectivity index (χ0n) is 10.3. The van der Waals surface area contributed by atoms with Crippen molar-refractivity contribution in [3.63, 3.8) is 0 Å². The van der Waals surface area contributed by atoms with E-state index in [4.69, 9.17) is 0 Å². The Labute approximate surface area is 94.4 Å². The van der Waals surface area contributed by atoms with Crippen LogP contribution in [0.2, 0.25) is 0 Å². The largest absolute Gasteiger partial charge is 0.316 e. The quantitative estimate of drug-likeness (QED) is 0.767. The molecule has 0 spiro atoms. The van der Waals surface area contributed by atoms with Crippen molar-refractivity contribution in [3.05, 3.63) is 0 Å². The summed E-state index contributed by atoms with van der Waals surface area (Å²) >= 11 is 0. The molecule has 0 aromatic rings. The molecule has 0 amide bonds. The Morgan fingerprint density at radius 3 is 3.07 bits per heavy atom. The molecular formula is C13H26N2. The van der Waals surface area contributed by atoms with Crippen molar-refractivity contribution in [2.75, 3.05) is 26.2 Å². The van der Waals surface area contributed by atoms with Gasteiger partial charge in [0.1, 0.15) is 0 Å². The van der Waals surface area contributed by atoms with Crippen LogP contribution in [0.25, 0.3) is 0 Å². The predicted octanol–water partition coefficient (Wildman–Crippen LogP) is 2.11. The molecule has 0 aromatic carbocycles. The minimum atomic E-state index is 0.827. The lowest BCUT2D eigenvalue weighted by atomic mass is 10.1. The molecule has 1 aliphatic heterocycles. The van der Waals surface area contributed by atoms with E-state index in [1.165, 1.54) is 51.9 Å². The molecule has 2 nitrogen and oxygen atoms in total. The highest BCUT2D eigenvalue weighted by Crippen LogP contribution is 2.39. The standard InChI is InChI=1S/C13H26N2/c1-3-5-12-8-13(12)15-7-4-6-14-9-11(2)10-15/h11-14H,3-10H2,1-2H3. The van der Waals surface area contributed by atoms with E-state index in [0.717, 1.165) is 17.9 Å². The van der Waals surface area contributed by atoms with Gasteiger partial charge in [-0.3, -0.25) is 4.90 Å². The molecule has 0 bridgehead atoms. The van der Waals surface area contributed by atoms with Gasteiger partial charge in [0.15, 0.2) is 0 Å². The van der Waals surface area contributed by atoms with Crippen LogP contribution in [0.1, 0.15) is 39.5 Å². The maximum Gasteiger partial charge on any atom is 0.0127 e. The van der Waals surface area contributed by atoms with Gasteiger partial charge in [0.05, 0.1) is 0 Å². The summed E-state index contributed by atoms with van der Waals surface area (Å²) < 4.78 is 0. The summed E-state index contributed by atoms with van der Waals surface area (Å²) in [5.41, 5.74) is 0. The van der Waals surface area contributed by atoms with Crippen molar-refractivity contribution in [2.45, 2.75) is 45.6 Å². The molecule has 2 fully saturated rings. The third-order valence-electron chi connectivity index (χ3n) is 3.85. The van der Waals surface area contributed by atoms with Crippen LogP contribution in [0.4, 0.5) is 0 Å². The summed E-state index contributed by atoms with van der Waals surface area (Å²) in [6.45, 7) is 9.76. The van der Waals surface area contributed by atoms with Gasteiger partial charge in [-0.1, -0.05) is 20.3 Å². The molecule has 0 radical (unpaired) electrons. The molecule has 1 saturated carbocycles. The second-order valence-corrected chi connectivity index (χ2v) is 5.51. The highest BCUT2D eigenvalue weighted by Gasteiger charge is 2.40. The third-order valence-corrected chi connectivity index (χ3v) is 3.85. The van der Waals surface area contributed by atoms with E-state index in [1.807, 2.05) is 0 Å². The number of nitrogens with zero attached hydrogens (tertiary/aromatic N) is 1. The molecule has 1 N–H and O–H groups in total. The molecule has 88 valence electrons. The lowest BCUT2D eigenvalue weighted by molar-refractivity contribution is 0.198. The van der Waals surface area contributed by atoms with Crippen LogP contribution in [0.5, 0.6) is 0 Å². The predicted molar refractivity (Wildman–Crippen MR) is 65.0 cm³/mol. The summed E-state index contributed by atoms with van der Waals surface area (Å²) in [5, 5.41) is 3.53. The number of hydrogen-bond donors (Lipinski definition) is 1. The monoisotopic (exact) mass is 210 g/mol. The summed E-state index contributed by atoms with van der Waals surface area (Å²) in [6, 6.07) is 0.950. The van der Waals surface area contributed by atoms with Gasteiger partial charge < -0.3 is 5.32 Å². The molecule has 0 aromatic heterocycles. The van der Waals surface area contributed by atoms with Crippen molar-refractivity contribution in [1.82, 2.24) is 10.2 Å². The molecule has 2 rings (SSSR count). The van der Waals surface area contributed by atoms with Crippen LogP contribution in [0, 0.1) is 11.8 Å². The summed E-state index contributed by atoms with van der Waals surface area (Å²) in [5.74, 6) is 1.86. The van der Waals surface area contributed by atoms with Crippen LogP contribution < -0.4 is 5.32 Å². The number of hydrogen-bond acceptors (Lipinski definition) is 2. The lowest BCUT2D eigenvalue weighted by Crippen LogP contribution is -2.40. The van der Waals surface area contributed by atoms with Gasteiger partial charge in [0.25, 0.3) is 0 Å². The number of rotatable bonds is 3.